The molecule has 7 heteroatoms. The van der Waals surface area contributed by atoms with E-state index in [9.17, 15) is 18.0 Å². The summed E-state index contributed by atoms with van der Waals surface area (Å²) in [7, 11) is 0. The molecule has 118 valence electrons. The van der Waals surface area contributed by atoms with Gasteiger partial charge in [-0.15, -0.1) is 0 Å². The van der Waals surface area contributed by atoms with E-state index in [0.717, 1.165) is 6.42 Å². The average Bonchev–Trinajstić information content (AvgIpc) is 2.37. The molecule has 0 aromatic carbocycles. The van der Waals surface area contributed by atoms with Crippen LogP contribution in [0.4, 0.5) is 13.2 Å². The van der Waals surface area contributed by atoms with Crippen molar-refractivity contribution in [3.05, 3.63) is 0 Å². The van der Waals surface area contributed by atoms with Crippen molar-refractivity contribution in [1.29, 1.82) is 0 Å². The summed E-state index contributed by atoms with van der Waals surface area (Å²) < 4.78 is 37.2. The third-order valence-corrected chi connectivity index (χ3v) is 4.00. The minimum atomic E-state index is -4.20. The molecule has 2 N–H and O–H groups in total. The number of nitrogens with two attached hydrogens (primary N) is 1. The Morgan fingerprint density at radius 1 is 1.40 bits per heavy atom. The molecule has 1 rings (SSSR count). The number of alkyl halides is 3. The van der Waals surface area contributed by atoms with Gasteiger partial charge in [0.1, 0.15) is 0 Å². The van der Waals surface area contributed by atoms with Crippen LogP contribution in [0.3, 0.4) is 0 Å². The van der Waals surface area contributed by atoms with Crippen molar-refractivity contribution in [3.8, 4) is 0 Å². The van der Waals surface area contributed by atoms with Crippen LogP contribution in [0, 0.1) is 5.92 Å². The highest BCUT2D eigenvalue weighted by atomic mass is 19.4. The van der Waals surface area contributed by atoms with Crippen molar-refractivity contribution in [2.75, 3.05) is 26.2 Å². The Balaban J connectivity index is 2.57. The second-order valence-corrected chi connectivity index (χ2v) is 5.63. The van der Waals surface area contributed by atoms with Crippen LogP contribution >= 0.6 is 0 Å². The lowest BCUT2D eigenvalue weighted by atomic mass is 9.98. The zero-order chi connectivity index (χ0) is 15.5. The molecule has 1 heterocycles. The molecule has 0 aliphatic carbocycles. The Labute approximate surface area is 118 Å². The molecule has 1 saturated heterocycles. The molecule has 0 aromatic rings. The fourth-order valence-corrected chi connectivity index (χ4v) is 2.37. The molecule has 0 bridgehead atoms. The number of rotatable bonds is 4. The topological polar surface area (TPSA) is 49.6 Å². The Hall–Kier alpha value is -0.820. The van der Waals surface area contributed by atoms with E-state index in [1.165, 1.54) is 4.90 Å². The number of carbonyl (C=O) groups is 1. The Bertz CT molecular complexity index is 335. The van der Waals surface area contributed by atoms with Crippen LogP contribution in [0.15, 0.2) is 0 Å². The first-order chi connectivity index (χ1) is 9.15. The van der Waals surface area contributed by atoms with Gasteiger partial charge in [-0.2, -0.15) is 13.2 Å². The number of piperazine rings is 1. The maximum atomic E-state index is 12.4. The number of amides is 1. The highest BCUT2D eigenvalue weighted by Gasteiger charge is 2.37. The summed E-state index contributed by atoms with van der Waals surface area (Å²) in [6.07, 6.45) is -3.40. The number of nitrogens with zero attached hydrogens (tertiary/aromatic N) is 2. The van der Waals surface area contributed by atoms with E-state index in [2.05, 4.69) is 0 Å². The van der Waals surface area contributed by atoms with Gasteiger partial charge in [-0.1, -0.05) is 20.3 Å². The maximum absolute atomic E-state index is 12.4. The molecule has 1 aliphatic heterocycles. The van der Waals surface area contributed by atoms with Crippen molar-refractivity contribution in [2.45, 2.75) is 45.5 Å². The van der Waals surface area contributed by atoms with E-state index in [4.69, 9.17) is 5.73 Å². The van der Waals surface area contributed by atoms with Gasteiger partial charge in [-0.3, -0.25) is 9.69 Å². The third-order valence-electron chi connectivity index (χ3n) is 4.00. The molecule has 0 aromatic heterocycles. The van der Waals surface area contributed by atoms with Gasteiger partial charge in [0, 0.05) is 25.7 Å². The first kappa shape index (κ1) is 17.2. The SMILES string of the molecule is CCC(C)C(N)C(=O)N1CCN(CC(F)(F)F)C(C)C1. The minimum Gasteiger partial charge on any atom is -0.338 e. The standard InChI is InChI=1S/C13H24F3N3O/c1-4-9(2)11(17)12(20)18-5-6-19(10(3)7-18)8-13(14,15)16/h9-11H,4-8,17H2,1-3H3. The number of carbonyl (C=O) groups excluding carboxylic acids is 1. The summed E-state index contributed by atoms with van der Waals surface area (Å²) in [5.74, 6) is -0.0798. The zero-order valence-electron chi connectivity index (χ0n) is 12.3. The Morgan fingerprint density at radius 3 is 2.45 bits per heavy atom. The normalized spacial score (nSPS) is 24.6. The zero-order valence-corrected chi connectivity index (χ0v) is 12.3. The van der Waals surface area contributed by atoms with Gasteiger partial charge in [-0.05, 0) is 12.8 Å². The lowest BCUT2D eigenvalue weighted by Gasteiger charge is -2.41. The van der Waals surface area contributed by atoms with Gasteiger partial charge in [0.25, 0.3) is 0 Å². The monoisotopic (exact) mass is 295 g/mol. The molecular weight excluding hydrogens is 271 g/mol. The largest absolute Gasteiger partial charge is 0.401 e. The van der Waals surface area contributed by atoms with Crippen molar-refractivity contribution in [3.63, 3.8) is 0 Å². The number of hydrogen-bond acceptors (Lipinski definition) is 3. The highest BCUT2D eigenvalue weighted by molar-refractivity contribution is 5.82. The fraction of sp³-hybridized carbons (Fsp3) is 0.923. The minimum absolute atomic E-state index is 0.0750. The number of halogens is 3. The van der Waals surface area contributed by atoms with Gasteiger partial charge in [0.05, 0.1) is 12.6 Å². The van der Waals surface area contributed by atoms with Crippen molar-refractivity contribution >= 4 is 5.91 Å². The maximum Gasteiger partial charge on any atom is 0.401 e. The molecule has 4 nitrogen and oxygen atoms in total. The molecule has 1 amide bonds. The smallest absolute Gasteiger partial charge is 0.338 e. The van der Waals surface area contributed by atoms with E-state index < -0.39 is 18.8 Å². The Morgan fingerprint density at radius 2 is 2.00 bits per heavy atom. The second-order valence-electron chi connectivity index (χ2n) is 5.63. The van der Waals surface area contributed by atoms with Crippen LogP contribution in [0.5, 0.6) is 0 Å². The van der Waals surface area contributed by atoms with Crippen molar-refractivity contribution < 1.29 is 18.0 Å². The molecule has 1 fully saturated rings. The summed E-state index contributed by atoms with van der Waals surface area (Å²) in [5.41, 5.74) is 5.90. The summed E-state index contributed by atoms with van der Waals surface area (Å²) in [5, 5.41) is 0. The molecule has 3 atom stereocenters. The lowest BCUT2D eigenvalue weighted by Crippen LogP contribution is -2.58. The van der Waals surface area contributed by atoms with Gasteiger partial charge < -0.3 is 10.6 Å². The molecule has 1 aliphatic rings. The average molecular weight is 295 g/mol. The van der Waals surface area contributed by atoms with Gasteiger partial charge in [0.2, 0.25) is 5.91 Å². The fourth-order valence-electron chi connectivity index (χ4n) is 2.37. The number of hydrogen-bond donors (Lipinski definition) is 1. The lowest BCUT2D eigenvalue weighted by molar-refractivity contribution is -0.158. The summed E-state index contributed by atoms with van der Waals surface area (Å²) in [6.45, 7) is 5.50. The predicted molar refractivity (Wildman–Crippen MR) is 71.1 cm³/mol. The van der Waals surface area contributed by atoms with Crippen LogP contribution in [-0.4, -0.2) is 60.1 Å². The predicted octanol–water partition coefficient (Wildman–Crippen LogP) is 1.45. The van der Waals surface area contributed by atoms with Crippen LogP contribution in [0.2, 0.25) is 0 Å². The first-order valence-electron chi connectivity index (χ1n) is 7.00. The third kappa shape index (κ3) is 4.63. The molecule has 20 heavy (non-hydrogen) atoms. The molecule has 0 spiro atoms. The molecule has 0 radical (unpaired) electrons. The molecule has 3 unspecified atom stereocenters. The van der Waals surface area contributed by atoms with Crippen molar-refractivity contribution in [2.24, 2.45) is 11.7 Å². The van der Waals surface area contributed by atoms with Crippen LogP contribution in [-0.2, 0) is 4.79 Å². The van der Waals surface area contributed by atoms with Gasteiger partial charge in [0.15, 0.2) is 0 Å². The van der Waals surface area contributed by atoms with Crippen LogP contribution in [0.1, 0.15) is 27.2 Å². The summed E-state index contributed by atoms with van der Waals surface area (Å²) in [6, 6.07) is -0.875. The van der Waals surface area contributed by atoms with Crippen LogP contribution < -0.4 is 5.73 Å². The highest BCUT2D eigenvalue weighted by Crippen LogP contribution is 2.21. The summed E-state index contributed by atoms with van der Waals surface area (Å²) >= 11 is 0. The summed E-state index contributed by atoms with van der Waals surface area (Å²) in [4.78, 5) is 15.1. The van der Waals surface area contributed by atoms with E-state index in [0.29, 0.717) is 13.1 Å². The van der Waals surface area contributed by atoms with Crippen LogP contribution in [0.25, 0.3) is 0 Å². The van der Waals surface area contributed by atoms with E-state index in [-0.39, 0.29) is 24.4 Å². The molecule has 0 saturated carbocycles. The molecular formula is C13H24F3N3O. The van der Waals surface area contributed by atoms with E-state index in [1.807, 2.05) is 13.8 Å². The van der Waals surface area contributed by atoms with E-state index >= 15 is 0 Å². The Kier molecular flexibility index (Phi) is 5.82. The van der Waals surface area contributed by atoms with Gasteiger partial charge >= 0.3 is 6.18 Å². The van der Waals surface area contributed by atoms with E-state index in [1.54, 1.807) is 11.8 Å². The quantitative estimate of drug-likeness (QED) is 0.854. The first-order valence-corrected chi connectivity index (χ1v) is 7.00. The van der Waals surface area contributed by atoms with Gasteiger partial charge in [-0.25, -0.2) is 0 Å². The second kappa shape index (κ2) is 6.76. The van der Waals surface area contributed by atoms with Crippen molar-refractivity contribution in [1.82, 2.24) is 9.80 Å².